The minimum atomic E-state index is -0.836. The van der Waals surface area contributed by atoms with Gasteiger partial charge in [-0.3, -0.25) is 4.98 Å². The van der Waals surface area contributed by atoms with Crippen molar-refractivity contribution in [1.82, 2.24) is 4.98 Å². The summed E-state index contributed by atoms with van der Waals surface area (Å²) in [6.07, 6.45) is 6.25. The van der Waals surface area contributed by atoms with Crippen LogP contribution in [0.1, 0.15) is 52.9 Å². The molecular weight excluding hydrogens is 330 g/mol. The van der Waals surface area contributed by atoms with Gasteiger partial charge in [-0.1, -0.05) is 28.8 Å². The maximum absolute atomic E-state index is 11.9. The summed E-state index contributed by atoms with van der Waals surface area (Å²) in [5.41, 5.74) is 4.25. The first kappa shape index (κ1) is 14.5. The Morgan fingerprint density at radius 3 is 2.62 bits per heavy atom. The zero-order valence-corrected chi connectivity index (χ0v) is 13.7. The van der Waals surface area contributed by atoms with E-state index in [0.717, 1.165) is 57.9 Å². The standard InChI is InChI=1S/C17H18BrNO2/c1-10-8-11(18)9-13-15(17(20)21)12-6-4-2-3-5-7-14(12)19-16(10)13/h8-9H,2-7H2,1H3,(H,20,21). The topological polar surface area (TPSA) is 50.2 Å². The zero-order valence-electron chi connectivity index (χ0n) is 12.1. The summed E-state index contributed by atoms with van der Waals surface area (Å²) in [6.45, 7) is 1.99. The van der Waals surface area contributed by atoms with Crippen LogP contribution in [0.3, 0.4) is 0 Å². The normalized spacial score (nSPS) is 15.3. The second kappa shape index (κ2) is 5.76. The van der Waals surface area contributed by atoms with E-state index in [1.54, 1.807) is 0 Å². The Morgan fingerprint density at radius 2 is 1.90 bits per heavy atom. The summed E-state index contributed by atoms with van der Waals surface area (Å²) in [7, 11) is 0. The molecule has 1 aliphatic carbocycles. The van der Waals surface area contributed by atoms with E-state index in [9.17, 15) is 9.90 Å². The number of carboxylic acids is 1. The fraction of sp³-hybridized carbons (Fsp3) is 0.412. The molecule has 1 heterocycles. The molecule has 3 rings (SSSR count). The van der Waals surface area contributed by atoms with Crippen LogP contribution in [0.25, 0.3) is 10.9 Å². The van der Waals surface area contributed by atoms with Gasteiger partial charge in [-0.15, -0.1) is 0 Å². The SMILES string of the molecule is Cc1cc(Br)cc2c(C(=O)O)c3c(nc12)CCCCCC3. The number of carbonyl (C=O) groups is 1. The summed E-state index contributed by atoms with van der Waals surface area (Å²) in [5.74, 6) is -0.836. The molecule has 0 bridgehead atoms. The Balaban J connectivity index is 2.37. The number of aromatic nitrogens is 1. The predicted molar refractivity (Wildman–Crippen MR) is 87.0 cm³/mol. The third kappa shape index (κ3) is 2.69. The van der Waals surface area contributed by atoms with Gasteiger partial charge in [-0.25, -0.2) is 4.79 Å². The van der Waals surface area contributed by atoms with Gasteiger partial charge in [0.1, 0.15) is 0 Å². The first-order valence-corrected chi connectivity index (χ1v) is 8.22. The van der Waals surface area contributed by atoms with Crippen LogP contribution in [-0.2, 0) is 12.8 Å². The Bertz CT molecular complexity index is 725. The van der Waals surface area contributed by atoms with E-state index >= 15 is 0 Å². The highest BCUT2D eigenvalue weighted by Gasteiger charge is 2.21. The molecule has 0 radical (unpaired) electrons. The number of aryl methyl sites for hydroxylation is 2. The average Bonchev–Trinajstić information content (AvgIpc) is 2.38. The first-order chi connectivity index (χ1) is 10.1. The molecule has 0 saturated heterocycles. The molecule has 0 atom stereocenters. The molecular formula is C17H18BrNO2. The molecule has 0 amide bonds. The Morgan fingerprint density at radius 1 is 1.19 bits per heavy atom. The highest BCUT2D eigenvalue weighted by atomic mass is 79.9. The van der Waals surface area contributed by atoms with Gasteiger partial charge >= 0.3 is 5.97 Å². The molecule has 0 saturated carbocycles. The number of hydrogen-bond acceptors (Lipinski definition) is 2. The lowest BCUT2D eigenvalue weighted by Gasteiger charge is -2.18. The third-order valence-corrected chi connectivity index (χ3v) is 4.69. The van der Waals surface area contributed by atoms with Gasteiger partial charge < -0.3 is 5.11 Å². The fourth-order valence-corrected chi connectivity index (χ4v) is 3.82. The largest absolute Gasteiger partial charge is 0.478 e. The van der Waals surface area contributed by atoms with Gasteiger partial charge in [0.05, 0.1) is 11.1 Å². The second-order valence-corrected chi connectivity index (χ2v) is 6.67. The van der Waals surface area contributed by atoms with Crippen LogP contribution in [0, 0.1) is 6.92 Å². The lowest BCUT2D eigenvalue weighted by atomic mass is 9.90. The van der Waals surface area contributed by atoms with Gasteiger partial charge in [-0.05, 0) is 55.9 Å². The van der Waals surface area contributed by atoms with Gasteiger partial charge in [-0.2, -0.15) is 0 Å². The average molecular weight is 348 g/mol. The van der Waals surface area contributed by atoms with Crippen molar-refractivity contribution < 1.29 is 9.90 Å². The summed E-state index contributed by atoms with van der Waals surface area (Å²) in [4.78, 5) is 16.7. The van der Waals surface area contributed by atoms with Crippen molar-refractivity contribution in [2.45, 2.75) is 45.4 Å². The maximum atomic E-state index is 11.9. The van der Waals surface area contributed by atoms with Crippen molar-refractivity contribution in [3.8, 4) is 0 Å². The van der Waals surface area contributed by atoms with Crippen LogP contribution >= 0.6 is 15.9 Å². The highest BCUT2D eigenvalue weighted by Crippen LogP contribution is 2.31. The van der Waals surface area contributed by atoms with Gasteiger partial charge in [0.2, 0.25) is 0 Å². The molecule has 4 heteroatoms. The van der Waals surface area contributed by atoms with E-state index < -0.39 is 5.97 Å². The molecule has 2 aromatic rings. The Labute approximate surface area is 132 Å². The summed E-state index contributed by atoms with van der Waals surface area (Å²) < 4.78 is 0.905. The van der Waals surface area contributed by atoms with Crippen LogP contribution in [0.4, 0.5) is 0 Å². The van der Waals surface area contributed by atoms with Crippen LogP contribution in [0.5, 0.6) is 0 Å². The molecule has 3 nitrogen and oxygen atoms in total. The molecule has 1 aromatic carbocycles. The molecule has 1 N–H and O–H groups in total. The van der Waals surface area contributed by atoms with Gasteiger partial charge in [0.25, 0.3) is 0 Å². The number of rotatable bonds is 1. The first-order valence-electron chi connectivity index (χ1n) is 7.43. The zero-order chi connectivity index (χ0) is 15.0. The molecule has 1 aromatic heterocycles. The number of nitrogens with zero attached hydrogens (tertiary/aromatic N) is 1. The number of hydrogen-bond donors (Lipinski definition) is 1. The molecule has 1 aliphatic rings. The van der Waals surface area contributed by atoms with E-state index in [4.69, 9.17) is 4.98 Å². The smallest absolute Gasteiger partial charge is 0.336 e. The summed E-state index contributed by atoms with van der Waals surface area (Å²) >= 11 is 3.47. The molecule has 21 heavy (non-hydrogen) atoms. The molecule has 0 unspecified atom stereocenters. The van der Waals surface area contributed by atoms with E-state index in [1.165, 1.54) is 12.8 Å². The quantitative estimate of drug-likeness (QED) is 0.815. The van der Waals surface area contributed by atoms with E-state index in [1.807, 2.05) is 19.1 Å². The number of fused-ring (bicyclic) bond motifs is 2. The van der Waals surface area contributed by atoms with E-state index in [2.05, 4.69) is 15.9 Å². The Hall–Kier alpha value is -1.42. The van der Waals surface area contributed by atoms with E-state index in [-0.39, 0.29) is 0 Å². The second-order valence-electron chi connectivity index (χ2n) is 5.75. The monoisotopic (exact) mass is 347 g/mol. The highest BCUT2D eigenvalue weighted by molar-refractivity contribution is 9.10. The molecule has 110 valence electrons. The van der Waals surface area contributed by atoms with Crippen molar-refractivity contribution in [1.29, 1.82) is 0 Å². The van der Waals surface area contributed by atoms with Crippen molar-refractivity contribution in [3.63, 3.8) is 0 Å². The lowest BCUT2D eigenvalue weighted by molar-refractivity contribution is 0.0697. The van der Waals surface area contributed by atoms with Crippen LogP contribution in [0.15, 0.2) is 16.6 Å². The van der Waals surface area contributed by atoms with E-state index in [0.29, 0.717) is 5.56 Å². The number of aromatic carboxylic acids is 1. The van der Waals surface area contributed by atoms with Crippen molar-refractivity contribution in [3.05, 3.63) is 39.0 Å². The number of carboxylic acid groups (broad SMARTS) is 1. The molecule has 0 aliphatic heterocycles. The summed E-state index contributed by atoms with van der Waals surface area (Å²) in [5, 5.41) is 10.5. The van der Waals surface area contributed by atoms with Gasteiger partial charge in [0.15, 0.2) is 0 Å². The maximum Gasteiger partial charge on any atom is 0.336 e. The van der Waals surface area contributed by atoms with Crippen molar-refractivity contribution in [2.24, 2.45) is 0 Å². The van der Waals surface area contributed by atoms with Crippen LogP contribution in [-0.4, -0.2) is 16.1 Å². The fourth-order valence-electron chi connectivity index (χ4n) is 3.25. The summed E-state index contributed by atoms with van der Waals surface area (Å²) in [6, 6.07) is 3.88. The van der Waals surface area contributed by atoms with Crippen LogP contribution < -0.4 is 0 Å². The number of benzene rings is 1. The Kier molecular flexibility index (Phi) is 3.98. The predicted octanol–water partition coefficient (Wildman–Crippen LogP) is 4.66. The number of halogens is 1. The minimum Gasteiger partial charge on any atom is -0.478 e. The third-order valence-electron chi connectivity index (χ3n) is 4.24. The lowest BCUT2D eigenvalue weighted by Crippen LogP contribution is -2.12. The molecule has 0 fully saturated rings. The van der Waals surface area contributed by atoms with Crippen molar-refractivity contribution >= 4 is 32.8 Å². The van der Waals surface area contributed by atoms with Gasteiger partial charge in [0, 0.05) is 15.6 Å². The van der Waals surface area contributed by atoms with Crippen molar-refractivity contribution in [2.75, 3.05) is 0 Å². The van der Waals surface area contributed by atoms with Crippen LogP contribution in [0.2, 0.25) is 0 Å². The molecule has 0 spiro atoms. The minimum absolute atomic E-state index is 0.460. The number of pyridine rings is 1.